The zero-order chi connectivity index (χ0) is 26.7. The van der Waals surface area contributed by atoms with Crippen molar-refractivity contribution < 1.29 is 22.7 Å². The van der Waals surface area contributed by atoms with Gasteiger partial charge in [-0.3, -0.25) is 9.78 Å². The predicted molar refractivity (Wildman–Crippen MR) is 140 cm³/mol. The van der Waals surface area contributed by atoms with Gasteiger partial charge < -0.3 is 0 Å². The summed E-state index contributed by atoms with van der Waals surface area (Å²) in [6, 6.07) is 20.1. The van der Waals surface area contributed by atoms with Crippen molar-refractivity contribution in [1.29, 1.82) is 0 Å². The van der Waals surface area contributed by atoms with Gasteiger partial charge in [-0.05, 0) is 60.5 Å². The number of aromatic nitrogens is 1. The van der Waals surface area contributed by atoms with E-state index in [0.29, 0.717) is 30.5 Å². The molecule has 2 atom stereocenters. The Morgan fingerprint density at radius 3 is 2.45 bits per heavy atom. The molecule has 196 valence electrons. The molecule has 1 aliphatic carbocycles. The van der Waals surface area contributed by atoms with Crippen molar-refractivity contribution in [2.45, 2.75) is 63.6 Å². The van der Waals surface area contributed by atoms with Crippen LogP contribution in [-0.2, 0) is 11.2 Å². The van der Waals surface area contributed by atoms with Crippen molar-refractivity contribution >= 4 is 5.78 Å². The van der Waals surface area contributed by atoms with Gasteiger partial charge in [0.25, 0.3) is 0 Å². The largest absolute Gasteiger partial charge is 0.420 e. The van der Waals surface area contributed by atoms with E-state index >= 15 is 0 Å². The molecule has 2 aliphatic rings. The molecule has 0 fully saturated rings. The topological polar surface area (TPSA) is 45.3 Å². The fraction of sp³-hybridized carbons (Fsp3) is 0.355. The number of pyridine rings is 1. The zero-order valence-electron chi connectivity index (χ0n) is 21.4. The molecule has 0 N–H and O–H groups in total. The number of benzene rings is 2. The monoisotopic (exact) mass is 518 g/mol. The minimum absolute atomic E-state index is 0.142. The maximum absolute atomic E-state index is 13.7. The molecule has 3 aromatic rings. The molecule has 2 aromatic carbocycles. The standard InChI is InChI=1S/C31H31F3N3O/c1-21-10-5-6-13-25(21)26-15-9-17-35-29(26)23(18-22-11-3-2-4-12-22)19-24(38)20-37-28-16-8-7-14-27(28)30(36-37)31(32,33)34/h2-6,9-13,15,17,23,30H,7-8,14,16,18-20H2,1H3/q+1. The van der Waals surface area contributed by atoms with E-state index in [9.17, 15) is 18.0 Å². The van der Waals surface area contributed by atoms with E-state index in [1.165, 1.54) is 4.70 Å². The number of carbonyl (C=O) groups is 1. The fourth-order valence-electron chi connectivity index (χ4n) is 5.70. The van der Waals surface area contributed by atoms with E-state index in [2.05, 4.69) is 11.2 Å². The SMILES string of the molecule is Cc1ccccc1-c1cccnc1C(CC(=O)C[N+]1=NC(C(F)(F)F)C2=C1CCCC2)Cc1ccccc1. The molecule has 5 rings (SSSR count). The Morgan fingerprint density at radius 2 is 1.68 bits per heavy atom. The molecule has 0 radical (unpaired) electrons. The van der Waals surface area contributed by atoms with Crippen molar-refractivity contribution in [2.75, 3.05) is 6.54 Å². The minimum atomic E-state index is -4.44. The van der Waals surface area contributed by atoms with E-state index in [0.717, 1.165) is 40.8 Å². The lowest BCUT2D eigenvalue weighted by Gasteiger charge is -2.20. The normalized spacial score (nSPS) is 18.2. The number of nitrogens with zero attached hydrogens (tertiary/aromatic N) is 3. The van der Waals surface area contributed by atoms with Crippen molar-refractivity contribution in [3.05, 3.63) is 101 Å². The van der Waals surface area contributed by atoms with Crippen LogP contribution in [0, 0.1) is 6.92 Å². The number of alkyl halides is 3. The van der Waals surface area contributed by atoms with Crippen LogP contribution >= 0.6 is 0 Å². The molecular formula is C31H31F3N3O+. The number of rotatable bonds is 8. The maximum atomic E-state index is 13.7. The fourth-order valence-corrected chi connectivity index (χ4v) is 5.70. The van der Waals surface area contributed by atoms with Gasteiger partial charge >= 0.3 is 6.18 Å². The minimum Gasteiger partial charge on any atom is -0.292 e. The molecule has 0 saturated carbocycles. The van der Waals surface area contributed by atoms with E-state index in [1.54, 1.807) is 6.20 Å². The van der Waals surface area contributed by atoms with Crippen LogP contribution in [0.15, 0.2) is 89.3 Å². The highest BCUT2D eigenvalue weighted by Crippen LogP contribution is 2.41. The van der Waals surface area contributed by atoms with Gasteiger partial charge in [0.15, 0.2) is 0 Å². The molecule has 4 nitrogen and oxygen atoms in total. The molecule has 2 unspecified atom stereocenters. The van der Waals surface area contributed by atoms with Gasteiger partial charge in [-0.2, -0.15) is 13.2 Å². The summed E-state index contributed by atoms with van der Waals surface area (Å²) in [5.41, 5.74) is 5.96. The summed E-state index contributed by atoms with van der Waals surface area (Å²) in [5, 5.41) is 3.98. The summed E-state index contributed by atoms with van der Waals surface area (Å²) in [6.07, 6.45) is 0.512. The molecule has 0 amide bonds. The first kappa shape index (κ1) is 26.0. The number of halogens is 3. The van der Waals surface area contributed by atoms with Crippen LogP contribution in [0.1, 0.15) is 54.8 Å². The first-order valence-electron chi connectivity index (χ1n) is 13.1. The number of allylic oxidation sites excluding steroid dienone is 1. The number of carbonyl (C=O) groups excluding carboxylic acids is 1. The number of ketones is 1. The maximum Gasteiger partial charge on any atom is 0.420 e. The Bertz CT molecular complexity index is 1380. The van der Waals surface area contributed by atoms with Crippen LogP contribution in [0.4, 0.5) is 13.2 Å². The lowest BCUT2D eigenvalue weighted by molar-refractivity contribution is -0.536. The third kappa shape index (κ3) is 5.62. The van der Waals surface area contributed by atoms with Crippen molar-refractivity contribution in [1.82, 2.24) is 4.98 Å². The summed E-state index contributed by atoms with van der Waals surface area (Å²) in [6.45, 7) is 1.90. The Morgan fingerprint density at radius 1 is 0.974 bits per heavy atom. The van der Waals surface area contributed by atoms with Gasteiger partial charge in [0.05, 0.1) is 5.69 Å². The summed E-state index contributed by atoms with van der Waals surface area (Å²) in [5.74, 6) is -0.377. The summed E-state index contributed by atoms with van der Waals surface area (Å²) >= 11 is 0. The molecule has 1 aliphatic heterocycles. The average Bonchev–Trinajstić information content (AvgIpc) is 3.28. The highest BCUT2D eigenvalue weighted by atomic mass is 19.4. The van der Waals surface area contributed by atoms with Gasteiger partial charge in [0.2, 0.25) is 24.1 Å². The lowest BCUT2D eigenvalue weighted by atomic mass is 9.86. The van der Waals surface area contributed by atoms with Gasteiger partial charge in [0.1, 0.15) is 0 Å². The summed E-state index contributed by atoms with van der Waals surface area (Å²) in [7, 11) is 0. The van der Waals surface area contributed by atoms with Gasteiger partial charge in [-0.15, -0.1) is 0 Å². The zero-order valence-corrected chi connectivity index (χ0v) is 21.4. The average molecular weight is 519 g/mol. The van der Waals surface area contributed by atoms with E-state index < -0.39 is 12.2 Å². The molecule has 7 heteroatoms. The van der Waals surface area contributed by atoms with Gasteiger partial charge in [0, 0.05) is 36.1 Å². The molecule has 0 spiro atoms. The van der Waals surface area contributed by atoms with E-state index in [4.69, 9.17) is 4.98 Å². The number of hydrogen-bond donors (Lipinski definition) is 0. The summed E-state index contributed by atoms with van der Waals surface area (Å²) in [4.78, 5) is 18.2. The quantitative estimate of drug-likeness (QED) is 0.289. The predicted octanol–water partition coefficient (Wildman–Crippen LogP) is 7.58. The van der Waals surface area contributed by atoms with Crippen LogP contribution < -0.4 is 0 Å². The van der Waals surface area contributed by atoms with Gasteiger partial charge in [-0.1, -0.05) is 65.4 Å². The number of Topliss-reactive ketones (excluding diaryl/α,β-unsaturated/α-hetero) is 1. The van der Waals surface area contributed by atoms with Crippen LogP contribution in [0.5, 0.6) is 0 Å². The van der Waals surface area contributed by atoms with E-state index in [-0.39, 0.29) is 24.7 Å². The van der Waals surface area contributed by atoms with Crippen LogP contribution in [0.25, 0.3) is 11.1 Å². The smallest absolute Gasteiger partial charge is 0.292 e. The third-order valence-corrected chi connectivity index (χ3v) is 7.47. The molecule has 38 heavy (non-hydrogen) atoms. The van der Waals surface area contributed by atoms with Crippen LogP contribution in [0.2, 0.25) is 0 Å². The number of azo groups is 2. The number of hydrogen-bond acceptors (Lipinski definition) is 3. The molecule has 0 saturated heterocycles. The summed E-state index contributed by atoms with van der Waals surface area (Å²) < 4.78 is 42.5. The van der Waals surface area contributed by atoms with Gasteiger partial charge in [-0.25, -0.2) is 0 Å². The highest BCUT2D eigenvalue weighted by molar-refractivity contribution is 5.81. The second-order valence-electron chi connectivity index (χ2n) is 10.2. The molecule has 0 bridgehead atoms. The molecular weight excluding hydrogens is 487 g/mol. The highest BCUT2D eigenvalue weighted by Gasteiger charge is 2.52. The van der Waals surface area contributed by atoms with Crippen LogP contribution in [-0.4, -0.2) is 34.2 Å². The third-order valence-electron chi connectivity index (χ3n) is 7.47. The van der Waals surface area contributed by atoms with Crippen molar-refractivity contribution in [3.63, 3.8) is 0 Å². The van der Waals surface area contributed by atoms with Crippen molar-refractivity contribution in [3.8, 4) is 11.1 Å². The first-order valence-corrected chi connectivity index (χ1v) is 13.1. The van der Waals surface area contributed by atoms with E-state index in [1.807, 2.05) is 67.6 Å². The van der Waals surface area contributed by atoms with Crippen LogP contribution in [0.3, 0.4) is 0 Å². The van der Waals surface area contributed by atoms with Crippen molar-refractivity contribution in [2.24, 2.45) is 5.11 Å². The Kier molecular flexibility index (Phi) is 7.54. The Labute approximate surface area is 220 Å². The first-order chi connectivity index (χ1) is 18.3. The Hall–Kier alpha value is -3.61. The molecule has 1 aromatic heterocycles. The second-order valence-corrected chi connectivity index (χ2v) is 10.2. The second kappa shape index (κ2) is 11.0. The number of aryl methyl sites for hydroxylation is 1. The molecule has 2 heterocycles. The lowest BCUT2D eigenvalue weighted by Crippen LogP contribution is -2.28. The Balaban J connectivity index is 1.45.